The van der Waals surface area contributed by atoms with Crippen molar-refractivity contribution < 1.29 is 9.84 Å². The van der Waals surface area contributed by atoms with E-state index >= 15 is 0 Å². The molecule has 0 amide bonds. The van der Waals surface area contributed by atoms with E-state index in [0.717, 1.165) is 10.0 Å². The standard InChI is InChI=1S/C13H13BrN2O2/c1-9-15-6-11(7-17)13(16-9)18-8-10-4-2-3-5-12(10)14/h2-6,17H,7-8H2,1H3. The molecule has 0 aliphatic rings. The number of aliphatic hydroxyl groups is 1. The molecular weight excluding hydrogens is 296 g/mol. The summed E-state index contributed by atoms with van der Waals surface area (Å²) in [6.45, 7) is 2.04. The van der Waals surface area contributed by atoms with Gasteiger partial charge in [-0.25, -0.2) is 4.98 Å². The third kappa shape index (κ3) is 3.05. The van der Waals surface area contributed by atoms with Gasteiger partial charge in [0, 0.05) is 16.2 Å². The summed E-state index contributed by atoms with van der Waals surface area (Å²) >= 11 is 3.46. The number of rotatable bonds is 4. The first-order chi connectivity index (χ1) is 8.70. The van der Waals surface area contributed by atoms with E-state index in [9.17, 15) is 5.11 Å². The highest BCUT2D eigenvalue weighted by Crippen LogP contribution is 2.20. The van der Waals surface area contributed by atoms with Gasteiger partial charge in [-0.2, -0.15) is 4.98 Å². The molecule has 1 aromatic carbocycles. The largest absolute Gasteiger partial charge is 0.472 e. The summed E-state index contributed by atoms with van der Waals surface area (Å²) in [4.78, 5) is 8.20. The maximum Gasteiger partial charge on any atom is 0.222 e. The van der Waals surface area contributed by atoms with E-state index in [1.165, 1.54) is 0 Å². The van der Waals surface area contributed by atoms with E-state index in [1.54, 1.807) is 13.1 Å². The smallest absolute Gasteiger partial charge is 0.222 e. The van der Waals surface area contributed by atoms with Crippen LogP contribution in [0.4, 0.5) is 0 Å². The summed E-state index contributed by atoms with van der Waals surface area (Å²) in [6.07, 6.45) is 1.58. The van der Waals surface area contributed by atoms with Gasteiger partial charge in [-0.3, -0.25) is 0 Å². The van der Waals surface area contributed by atoms with Gasteiger partial charge in [0.15, 0.2) is 0 Å². The molecular formula is C13H13BrN2O2. The van der Waals surface area contributed by atoms with Gasteiger partial charge in [0.1, 0.15) is 12.4 Å². The molecule has 5 heteroatoms. The first kappa shape index (κ1) is 13.0. The zero-order valence-electron chi connectivity index (χ0n) is 9.93. The van der Waals surface area contributed by atoms with Crippen LogP contribution >= 0.6 is 15.9 Å². The molecule has 4 nitrogen and oxygen atoms in total. The van der Waals surface area contributed by atoms with Crippen LogP contribution < -0.4 is 4.74 Å². The average Bonchev–Trinajstić information content (AvgIpc) is 2.38. The summed E-state index contributed by atoms with van der Waals surface area (Å²) in [7, 11) is 0. The Labute approximate surface area is 114 Å². The molecule has 0 atom stereocenters. The molecule has 0 saturated carbocycles. The molecule has 0 spiro atoms. The maximum absolute atomic E-state index is 9.19. The van der Waals surface area contributed by atoms with Crippen LogP contribution in [0.15, 0.2) is 34.9 Å². The van der Waals surface area contributed by atoms with Gasteiger partial charge in [-0.05, 0) is 13.0 Å². The van der Waals surface area contributed by atoms with Crippen molar-refractivity contribution in [1.29, 1.82) is 0 Å². The van der Waals surface area contributed by atoms with Gasteiger partial charge in [-0.15, -0.1) is 0 Å². The highest BCUT2D eigenvalue weighted by molar-refractivity contribution is 9.10. The number of halogens is 1. The molecule has 0 unspecified atom stereocenters. The second kappa shape index (κ2) is 5.93. The minimum absolute atomic E-state index is 0.133. The molecule has 0 aliphatic carbocycles. The van der Waals surface area contributed by atoms with Gasteiger partial charge in [0.2, 0.25) is 5.88 Å². The van der Waals surface area contributed by atoms with Gasteiger partial charge in [-0.1, -0.05) is 34.1 Å². The third-order valence-electron chi connectivity index (χ3n) is 2.44. The minimum Gasteiger partial charge on any atom is -0.472 e. The Morgan fingerprint density at radius 2 is 2.06 bits per heavy atom. The average molecular weight is 309 g/mol. The van der Waals surface area contributed by atoms with Crippen LogP contribution in [0.3, 0.4) is 0 Å². The van der Waals surface area contributed by atoms with Crippen molar-refractivity contribution in [3.8, 4) is 5.88 Å². The summed E-state index contributed by atoms with van der Waals surface area (Å²) < 4.78 is 6.62. The molecule has 1 N–H and O–H groups in total. The van der Waals surface area contributed by atoms with Crippen molar-refractivity contribution in [2.24, 2.45) is 0 Å². The van der Waals surface area contributed by atoms with Crippen LogP contribution in [0.5, 0.6) is 5.88 Å². The van der Waals surface area contributed by atoms with Crippen LogP contribution in [-0.4, -0.2) is 15.1 Å². The quantitative estimate of drug-likeness (QED) is 0.943. The number of hydrogen-bond donors (Lipinski definition) is 1. The van der Waals surface area contributed by atoms with Crippen molar-refractivity contribution >= 4 is 15.9 Å². The van der Waals surface area contributed by atoms with Crippen LogP contribution in [0.1, 0.15) is 17.0 Å². The number of ether oxygens (including phenoxy) is 1. The monoisotopic (exact) mass is 308 g/mol. The van der Waals surface area contributed by atoms with E-state index in [4.69, 9.17) is 4.74 Å². The molecule has 18 heavy (non-hydrogen) atoms. The number of aromatic nitrogens is 2. The number of aliphatic hydroxyl groups excluding tert-OH is 1. The third-order valence-corrected chi connectivity index (χ3v) is 3.21. The summed E-state index contributed by atoms with van der Waals surface area (Å²) in [5.41, 5.74) is 1.62. The topological polar surface area (TPSA) is 55.2 Å². The molecule has 0 fully saturated rings. The normalized spacial score (nSPS) is 10.4. The molecule has 0 bridgehead atoms. The zero-order valence-corrected chi connectivity index (χ0v) is 11.5. The maximum atomic E-state index is 9.19. The van der Waals surface area contributed by atoms with Crippen molar-refractivity contribution in [3.05, 3.63) is 51.9 Å². The van der Waals surface area contributed by atoms with Crippen molar-refractivity contribution in [3.63, 3.8) is 0 Å². The van der Waals surface area contributed by atoms with E-state index < -0.39 is 0 Å². The molecule has 1 aromatic heterocycles. The number of benzene rings is 1. The van der Waals surface area contributed by atoms with E-state index in [2.05, 4.69) is 25.9 Å². The van der Waals surface area contributed by atoms with E-state index in [1.807, 2.05) is 24.3 Å². The Kier molecular flexibility index (Phi) is 4.28. The fourth-order valence-corrected chi connectivity index (χ4v) is 1.87. The number of hydrogen-bond acceptors (Lipinski definition) is 4. The van der Waals surface area contributed by atoms with E-state index in [-0.39, 0.29) is 6.61 Å². The van der Waals surface area contributed by atoms with E-state index in [0.29, 0.717) is 23.9 Å². The molecule has 2 rings (SSSR count). The van der Waals surface area contributed by atoms with Crippen molar-refractivity contribution in [2.45, 2.75) is 20.1 Å². The molecule has 0 saturated heterocycles. The molecule has 94 valence electrons. The fourth-order valence-electron chi connectivity index (χ4n) is 1.47. The van der Waals surface area contributed by atoms with Crippen LogP contribution in [0.2, 0.25) is 0 Å². The molecule has 1 heterocycles. The summed E-state index contributed by atoms with van der Waals surface area (Å²) in [6, 6.07) is 7.82. The van der Waals surface area contributed by atoms with Crippen LogP contribution in [0.25, 0.3) is 0 Å². The first-order valence-electron chi connectivity index (χ1n) is 5.50. The Morgan fingerprint density at radius 3 is 2.78 bits per heavy atom. The van der Waals surface area contributed by atoms with Gasteiger partial charge < -0.3 is 9.84 Å². The molecule has 0 aliphatic heterocycles. The Bertz CT molecular complexity index is 546. The predicted molar refractivity (Wildman–Crippen MR) is 71.2 cm³/mol. The zero-order chi connectivity index (χ0) is 13.0. The second-order valence-electron chi connectivity index (χ2n) is 3.79. The predicted octanol–water partition coefficient (Wildman–Crippen LogP) is 2.62. The van der Waals surface area contributed by atoms with Crippen LogP contribution in [-0.2, 0) is 13.2 Å². The van der Waals surface area contributed by atoms with Crippen LogP contribution in [0, 0.1) is 6.92 Å². The summed E-state index contributed by atoms with van der Waals surface area (Å²) in [5.74, 6) is 1.05. The highest BCUT2D eigenvalue weighted by atomic mass is 79.9. The minimum atomic E-state index is -0.133. The molecule has 2 aromatic rings. The lowest BCUT2D eigenvalue weighted by atomic mass is 10.2. The van der Waals surface area contributed by atoms with Gasteiger partial charge >= 0.3 is 0 Å². The highest BCUT2D eigenvalue weighted by Gasteiger charge is 2.07. The number of aryl methyl sites for hydroxylation is 1. The first-order valence-corrected chi connectivity index (χ1v) is 6.29. The van der Waals surface area contributed by atoms with Gasteiger partial charge in [0.25, 0.3) is 0 Å². The molecule has 0 radical (unpaired) electrons. The summed E-state index contributed by atoms with van der Waals surface area (Å²) in [5, 5.41) is 9.19. The lowest BCUT2D eigenvalue weighted by Crippen LogP contribution is -2.03. The van der Waals surface area contributed by atoms with Crippen molar-refractivity contribution in [2.75, 3.05) is 0 Å². The Hall–Kier alpha value is -1.46. The van der Waals surface area contributed by atoms with Crippen molar-refractivity contribution in [1.82, 2.24) is 9.97 Å². The lowest BCUT2D eigenvalue weighted by molar-refractivity contribution is 0.251. The fraction of sp³-hybridized carbons (Fsp3) is 0.231. The SMILES string of the molecule is Cc1ncc(CO)c(OCc2ccccc2Br)n1. The number of nitrogens with zero attached hydrogens (tertiary/aromatic N) is 2. The Morgan fingerprint density at radius 1 is 1.28 bits per heavy atom. The lowest BCUT2D eigenvalue weighted by Gasteiger charge is -2.10. The Balaban J connectivity index is 2.15. The second-order valence-corrected chi connectivity index (χ2v) is 4.64. The van der Waals surface area contributed by atoms with Gasteiger partial charge in [0.05, 0.1) is 12.2 Å².